The van der Waals surface area contributed by atoms with Crippen molar-refractivity contribution in [2.45, 2.75) is 39.7 Å². The zero-order valence-corrected chi connectivity index (χ0v) is 12.2. The molecule has 20 heavy (non-hydrogen) atoms. The third-order valence-electron chi connectivity index (χ3n) is 3.79. The van der Waals surface area contributed by atoms with Crippen molar-refractivity contribution >= 4 is 11.8 Å². The molecule has 0 amide bonds. The number of piperidine rings is 1. The van der Waals surface area contributed by atoms with Gasteiger partial charge in [0.2, 0.25) is 5.88 Å². The molecule has 1 saturated heterocycles. The van der Waals surface area contributed by atoms with E-state index in [1.54, 1.807) is 0 Å². The second-order valence-electron chi connectivity index (χ2n) is 5.16. The predicted molar refractivity (Wildman–Crippen MR) is 75.1 cm³/mol. The number of hydrogen-bond acceptors (Lipinski definition) is 5. The summed E-state index contributed by atoms with van der Waals surface area (Å²) in [7, 11) is 0. The van der Waals surface area contributed by atoms with Gasteiger partial charge in [-0.1, -0.05) is 0 Å². The quantitative estimate of drug-likeness (QED) is 0.907. The second kappa shape index (κ2) is 6.07. The fraction of sp³-hybridized carbons (Fsp3) is 0.643. The van der Waals surface area contributed by atoms with Crippen LogP contribution in [0.1, 0.15) is 32.3 Å². The third-order valence-corrected chi connectivity index (χ3v) is 3.79. The minimum absolute atomic E-state index is 0.146. The molecule has 2 rings (SSSR count). The Balaban J connectivity index is 2.20. The Kier molecular flexibility index (Phi) is 4.42. The van der Waals surface area contributed by atoms with Crippen LogP contribution in [0.5, 0.6) is 5.88 Å². The number of rotatable bonds is 4. The number of carboxylic acid groups (broad SMARTS) is 1. The lowest BCUT2D eigenvalue weighted by molar-refractivity contribution is -0.142. The minimum atomic E-state index is -0.703. The Morgan fingerprint density at radius 1 is 1.55 bits per heavy atom. The molecule has 1 aliphatic heterocycles. The highest BCUT2D eigenvalue weighted by molar-refractivity contribution is 5.70. The molecule has 6 heteroatoms. The van der Waals surface area contributed by atoms with Crippen LogP contribution >= 0.6 is 0 Å². The average Bonchev–Trinajstić information content (AvgIpc) is 2.42. The first kappa shape index (κ1) is 14.6. The Morgan fingerprint density at radius 3 is 2.90 bits per heavy atom. The molecule has 0 radical (unpaired) electrons. The Morgan fingerprint density at radius 2 is 2.30 bits per heavy atom. The van der Waals surface area contributed by atoms with E-state index in [0.717, 1.165) is 11.4 Å². The molecule has 6 nitrogen and oxygen atoms in total. The summed E-state index contributed by atoms with van der Waals surface area (Å²) in [5, 5.41) is 9.12. The summed E-state index contributed by atoms with van der Waals surface area (Å²) in [5.74, 6) is 0.491. The molecule has 1 aromatic heterocycles. The molecule has 2 atom stereocenters. The Bertz CT molecular complexity index is 493. The van der Waals surface area contributed by atoms with E-state index in [4.69, 9.17) is 9.84 Å². The van der Waals surface area contributed by atoms with Crippen LogP contribution in [-0.2, 0) is 4.79 Å². The maximum atomic E-state index is 11.1. The number of carbonyl (C=O) groups is 1. The summed E-state index contributed by atoms with van der Waals surface area (Å²) in [6, 6.07) is 0.146. The van der Waals surface area contributed by atoms with Gasteiger partial charge < -0.3 is 14.7 Å². The van der Waals surface area contributed by atoms with Crippen molar-refractivity contribution in [3.8, 4) is 5.88 Å². The van der Waals surface area contributed by atoms with Gasteiger partial charge in [0.1, 0.15) is 12.1 Å². The van der Waals surface area contributed by atoms with Crippen LogP contribution in [0, 0.1) is 12.8 Å². The highest BCUT2D eigenvalue weighted by Gasteiger charge is 2.31. The van der Waals surface area contributed by atoms with E-state index in [9.17, 15) is 4.79 Å². The van der Waals surface area contributed by atoms with Gasteiger partial charge in [0.05, 0.1) is 18.1 Å². The van der Waals surface area contributed by atoms with Crippen LogP contribution < -0.4 is 9.64 Å². The summed E-state index contributed by atoms with van der Waals surface area (Å²) in [6.45, 7) is 7.16. The maximum absolute atomic E-state index is 11.1. The Hall–Kier alpha value is -1.85. The topological polar surface area (TPSA) is 75.6 Å². The molecule has 0 aliphatic carbocycles. The van der Waals surface area contributed by atoms with E-state index in [1.807, 2.05) is 20.8 Å². The number of anilines is 1. The molecular formula is C14H21N3O3. The van der Waals surface area contributed by atoms with Crippen molar-refractivity contribution in [2.24, 2.45) is 5.92 Å². The van der Waals surface area contributed by atoms with Crippen molar-refractivity contribution in [1.29, 1.82) is 0 Å². The highest BCUT2D eigenvalue weighted by Crippen LogP contribution is 2.31. The summed E-state index contributed by atoms with van der Waals surface area (Å²) < 4.78 is 5.49. The molecular weight excluding hydrogens is 258 g/mol. The lowest BCUT2D eigenvalue weighted by atomic mass is 9.91. The fourth-order valence-electron chi connectivity index (χ4n) is 2.71. The van der Waals surface area contributed by atoms with Gasteiger partial charge in [-0.2, -0.15) is 0 Å². The maximum Gasteiger partial charge on any atom is 0.306 e. The van der Waals surface area contributed by atoms with Crippen molar-refractivity contribution in [1.82, 2.24) is 9.97 Å². The first-order chi connectivity index (χ1) is 9.54. The Labute approximate surface area is 118 Å². The van der Waals surface area contributed by atoms with Crippen molar-refractivity contribution in [3.63, 3.8) is 0 Å². The lowest BCUT2D eigenvalue weighted by Crippen LogP contribution is -2.43. The third kappa shape index (κ3) is 2.84. The van der Waals surface area contributed by atoms with Gasteiger partial charge in [0.25, 0.3) is 0 Å². The van der Waals surface area contributed by atoms with E-state index in [0.29, 0.717) is 31.9 Å². The molecule has 110 valence electrons. The monoisotopic (exact) mass is 279 g/mol. The highest BCUT2D eigenvalue weighted by atomic mass is 16.5. The summed E-state index contributed by atoms with van der Waals surface area (Å²) in [6.07, 6.45) is 2.79. The van der Waals surface area contributed by atoms with Crippen molar-refractivity contribution < 1.29 is 14.6 Å². The summed E-state index contributed by atoms with van der Waals surface area (Å²) >= 11 is 0. The van der Waals surface area contributed by atoms with Crippen LogP contribution in [0.3, 0.4) is 0 Å². The number of nitrogens with zero attached hydrogens (tertiary/aromatic N) is 3. The number of ether oxygens (including phenoxy) is 1. The summed E-state index contributed by atoms with van der Waals surface area (Å²) in [4.78, 5) is 21.7. The minimum Gasteiger partial charge on any atom is -0.481 e. The van der Waals surface area contributed by atoms with E-state index in [-0.39, 0.29) is 12.0 Å². The van der Waals surface area contributed by atoms with E-state index in [2.05, 4.69) is 14.9 Å². The largest absolute Gasteiger partial charge is 0.481 e. The first-order valence-corrected chi connectivity index (χ1v) is 6.98. The van der Waals surface area contributed by atoms with Gasteiger partial charge in [0, 0.05) is 12.6 Å². The zero-order valence-electron chi connectivity index (χ0n) is 12.2. The normalized spacial score (nSPS) is 22.6. The van der Waals surface area contributed by atoms with E-state index in [1.165, 1.54) is 6.33 Å². The predicted octanol–water partition coefficient (Wildman–Crippen LogP) is 1.87. The molecule has 1 aromatic rings. The molecule has 1 fully saturated rings. The molecule has 2 heterocycles. The molecule has 2 unspecified atom stereocenters. The fourth-order valence-corrected chi connectivity index (χ4v) is 2.71. The average molecular weight is 279 g/mol. The molecule has 0 aromatic carbocycles. The number of aromatic nitrogens is 2. The number of hydrogen-bond donors (Lipinski definition) is 1. The van der Waals surface area contributed by atoms with Gasteiger partial charge in [-0.25, -0.2) is 9.97 Å². The van der Waals surface area contributed by atoms with Gasteiger partial charge in [-0.15, -0.1) is 0 Å². The molecule has 1 N–H and O–H groups in total. The number of carboxylic acids is 1. The molecule has 0 bridgehead atoms. The molecule has 0 saturated carbocycles. The van der Waals surface area contributed by atoms with Crippen LogP contribution in [0.4, 0.5) is 5.82 Å². The van der Waals surface area contributed by atoms with Gasteiger partial charge in [0.15, 0.2) is 0 Å². The smallest absolute Gasteiger partial charge is 0.306 e. The van der Waals surface area contributed by atoms with Crippen LogP contribution in [0.15, 0.2) is 6.33 Å². The summed E-state index contributed by atoms with van der Waals surface area (Å²) in [5.41, 5.74) is 0.912. The van der Waals surface area contributed by atoms with E-state index < -0.39 is 5.97 Å². The first-order valence-electron chi connectivity index (χ1n) is 6.98. The standard InChI is InChI=1S/C14H21N3O3/c1-4-20-13-10(3)12(15-8-16-13)17-6-5-11(14(18)19)7-9(17)2/h8-9,11H,4-7H2,1-3H3,(H,18,19). The van der Waals surface area contributed by atoms with Crippen molar-refractivity contribution in [3.05, 3.63) is 11.9 Å². The molecule has 0 spiro atoms. The second-order valence-corrected chi connectivity index (χ2v) is 5.16. The number of aliphatic carboxylic acids is 1. The van der Waals surface area contributed by atoms with Gasteiger partial charge in [-0.05, 0) is 33.6 Å². The van der Waals surface area contributed by atoms with Gasteiger partial charge >= 0.3 is 5.97 Å². The van der Waals surface area contributed by atoms with Crippen molar-refractivity contribution in [2.75, 3.05) is 18.1 Å². The zero-order chi connectivity index (χ0) is 14.7. The van der Waals surface area contributed by atoms with Gasteiger partial charge in [-0.3, -0.25) is 4.79 Å². The molecule has 1 aliphatic rings. The van der Waals surface area contributed by atoms with E-state index >= 15 is 0 Å². The van der Waals surface area contributed by atoms with Crippen LogP contribution in [-0.4, -0.2) is 40.2 Å². The van der Waals surface area contributed by atoms with Crippen LogP contribution in [0.2, 0.25) is 0 Å². The van der Waals surface area contributed by atoms with Crippen LogP contribution in [0.25, 0.3) is 0 Å². The lowest BCUT2D eigenvalue weighted by Gasteiger charge is -2.37. The SMILES string of the molecule is CCOc1ncnc(N2CCC(C(=O)O)CC2C)c1C.